The van der Waals surface area contributed by atoms with Gasteiger partial charge in [0, 0.05) is 11.5 Å². The van der Waals surface area contributed by atoms with E-state index in [1.807, 2.05) is 0 Å². The van der Waals surface area contributed by atoms with Crippen molar-refractivity contribution in [3.05, 3.63) is 30.0 Å². The van der Waals surface area contributed by atoms with Gasteiger partial charge in [-0.25, -0.2) is 4.79 Å². The minimum absolute atomic E-state index is 0.0772. The van der Waals surface area contributed by atoms with E-state index in [2.05, 4.69) is 4.74 Å². The average molecular weight is 255 g/mol. The van der Waals surface area contributed by atoms with E-state index in [0.717, 1.165) is 6.07 Å². The second-order valence-corrected chi connectivity index (χ2v) is 3.28. The second-order valence-electron chi connectivity index (χ2n) is 3.28. The monoisotopic (exact) mass is 255 g/mol. The highest BCUT2D eigenvalue weighted by atomic mass is 19.4. The van der Waals surface area contributed by atoms with Crippen molar-refractivity contribution in [3.8, 4) is 11.8 Å². The minimum Gasteiger partial charge on any atom is -0.442 e. The summed E-state index contributed by atoms with van der Waals surface area (Å²) in [5, 5.41) is 8.98. The number of carbonyl (C=O) groups excluding carboxylic acids is 1. The van der Waals surface area contributed by atoms with Crippen LogP contribution in [0, 0.1) is 11.3 Å². The lowest BCUT2D eigenvalue weighted by Crippen LogP contribution is -2.27. The van der Waals surface area contributed by atoms with Gasteiger partial charge in [0.15, 0.2) is 11.3 Å². The molecule has 4 nitrogen and oxygen atoms in total. The molecular weight excluding hydrogens is 251 g/mol. The first-order valence-corrected chi connectivity index (χ1v) is 4.63. The number of rotatable bonds is 1. The fraction of sp³-hybridized carbons (Fsp3) is 0.0909. The topological polar surface area (TPSA) is 63.2 Å². The zero-order chi connectivity index (χ0) is 13.3. The summed E-state index contributed by atoms with van der Waals surface area (Å²) in [5.41, 5.74) is -0.0772. The third-order valence-corrected chi connectivity index (χ3v) is 2.05. The molecule has 0 aliphatic heterocycles. The van der Waals surface area contributed by atoms with E-state index in [4.69, 9.17) is 9.68 Å². The molecule has 1 aromatic carbocycles. The number of hydrogen-bond donors (Lipinski definition) is 0. The summed E-state index contributed by atoms with van der Waals surface area (Å²) < 4.78 is 45.3. The van der Waals surface area contributed by atoms with Crippen molar-refractivity contribution in [2.45, 2.75) is 6.18 Å². The molecule has 0 aliphatic rings. The van der Waals surface area contributed by atoms with Crippen molar-refractivity contribution in [1.82, 2.24) is 0 Å². The van der Waals surface area contributed by atoms with E-state index in [9.17, 15) is 18.0 Å². The quantitative estimate of drug-likeness (QED) is 0.580. The second kappa shape index (κ2) is 4.07. The smallest absolute Gasteiger partial charge is 0.442 e. The normalized spacial score (nSPS) is 11.2. The Morgan fingerprint density at radius 3 is 2.72 bits per heavy atom. The molecule has 0 unspecified atom stereocenters. The molecule has 7 heteroatoms. The van der Waals surface area contributed by atoms with E-state index < -0.39 is 12.1 Å². The van der Waals surface area contributed by atoms with Gasteiger partial charge < -0.3 is 9.15 Å². The highest BCUT2D eigenvalue weighted by Crippen LogP contribution is 2.30. The van der Waals surface area contributed by atoms with Gasteiger partial charge in [0.2, 0.25) is 5.76 Å². The molecule has 0 saturated heterocycles. The molecule has 1 aromatic heterocycles. The van der Waals surface area contributed by atoms with Crippen molar-refractivity contribution < 1.29 is 27.1 Å². The van der Waals surface area contributed by atoms with Crippen molar-refractivity contribution >= 4 is 16.9 Å². The number of esters is 1. The van der Waals surface area contributed by atoms with Crippen LogP contribution in [0.2, 0.25) is 0 Å². The zero-order valence-corrected chi connectivity index (χ0v) is 8.62. The van der Waals surface area contributed by atoms with Gasteiger partial charge in [-0.1, -0.05) is 12.1 Å². The summed E-state index contributed by atoms with van der Waals surface area (Å²) in [6.45, 7) is 0. The number of alkyl halides is 3. The van der Waals surface area contributed by atoms with Crippen molar-refractivity contribution in [2.24, 2.45) is 0 Å². The number of benzene rings is 1. The molecule has 0 radical (unpaired) electrons. The van der Waals surface area contributed by atoms with Crippen LogP contribution in [0.25, 0.3) is 11.0 Å². The van der Waals surface area contributed by atoms with Gasteiger partial charge in [-0.3, -0.25) is 0 Å². The molecular formula is C11H4F3NO3. The molecule has 1 heterocycles. The van der Waals surface area contributed by atoms with E-state index in [1.54, 1.807) is 6.07 Å². The molecule has 0 aliphatic carbocycles. The molecule has 0 bridgehead atoms. The third kappa shape index (κ3) is 2.13. The lowest BCUT2D eigenvalue weighted by molar-refractivity contribution is -0.189. The summed E-state index contributed by atoms with van der Waals surface area (Å²) >= 11 is 0. The molecule has 2 aromatic rings. The summed E-state index contributed by atoms with van der Waals surface area (Å²) in [4.78, 5) is 10.7. The van der Waals surface area contributed by atoms with Crippen LogP contribution in [0.4, 0.5) is 13.2 Å². The maximum atomic E-state index is 12.0. The van der Waals surface area contributed by atoms with Gasteiger partial charge in [-0.05, 0) is 6.07 Å². The molecule has 18 heavy (non-hydrogen) atoms. The standard InChI is InChI=1S/C11H4F3NO3/c12-11(13,14)10(16)18-8-3-1-2-6-4-7(5-15)17-9(6)8/h1-4H. The predicted molar refractivity (Wildman–Crippen MR) is 52.6 cm³/mol. The first-order valence-electron chi connectivity index (χ1n) is 4.63. The molecule has 0 atom stereocenters. The highest BCUT2D eigenvalue weighted by molar-refractivity contribution is 5.88. The van der Waals surface area contributed by atoms with Gasteiger partial charge in [-0.15, -0.1) is 0 Å². The van der Waals surface area contributed by atoms with Crippen LogP contribution in [-0.2, 0) is 4.79 Å². The number of hydrogen-bond acceptors (Lipinski definition) is 4. The fourth-order valence-electron chi connectivity index (χ4n) is 1.33. The predicted octanol–water partition coefficient (Wildman–Crippen LogP) is 2.77. The van der Waals surface area contributed by atoms with Gasteiger partial charge >= 0.3 is 12.1 Å². The van der Waals surface area contributed by atoms with Crippen LogP contribution in [-0.4, -0.2) is 12.1 Å². The van der Waals surface area contributed by atoms with Crippen LogP contribution >= 0.6 is 0 Å². The Kier molecular flexibility index (Phi) is 2.71. The number of carbonyl (C=O) groups is 1. The largest absolute Gasteiger partial charge is 0.491 e. The Labute approximate surface area is 98.2 Å². The highest BCUT2D eigenvalue weighted by Gasteiger charge is 2.41. The first kappa shape index (κ1) is 12.0. The Balaban J connectivity index is 2.43. The molecule has 0 N–H and O–H groups in total. The van der Waals surface area contributed by atoms with E-state index >= 15 is 0 Å². The van der Waals surface area contributed by atoms with Gasteiger partial charge in [0.1, 0.15) is 6.07 Å². The third-order valence-electron chi connectivity index (χ3n) is 2.05. The van der Waals surface area contributed by atoms with Crippen LogP contribution in [0.5, 0.6) is 5.75 Å². The van der Waals surface area contributed by atoms with E-state index in [0.29, 0.717) is 5.39 Å². The molecule has 0 fully saturated rings. The summed E-state index contributed by atoms with van der Waals surface area (Å²) in [6, 6.07) is 7.09. The minimum atomic E-state index is -5.09. The SMILES string of the molecule is N#Cc1cc2cccc(OC(=O)C(F)(F)F)c2o1. The average Bonchev–Trinajstić information content (AvgIpc) is 2.71. The van der Waals surface area contributed by atoms with Gasteiger partial charge in [0.25, 0.3) is 0 Å². The zero-order valence-electron chi connectivity index (χ0n) is 8.62. The molecule has 92 valence electrons. The summed E-state index contributed by atoms with van der Waals surface area (Å²) in [5.74, 6) is -2.80. The molecule has 0 amide bonds. The molecule has 0 spiro atoms. The maximum Gasteiger partial charge on any atom is 0.491 e. The van der Waals surface area contributed by atoms with Crippen LogP contribution in [0.1, 0.15) is 5.76 Å². The lowest BCUT2D eigenvalue weighted by Gasteiger charge is -2.06. The number of furan rings is 1. The Morgan fingerprint density at radius 1 is 1.39 bits per heavy atom. The first-order chi connectivity index (χ1) is 8.41. The van der Waals surface area contributed by atoms with Gasteiger partial charge in [0.05, 0.1) is 0 Å². The van der Waals surface area contributed by atoms with Crippen LogP contribution < -0.4 is 4.74 Å². The molecule has 0 saturated carbocycles. The van der Waals surface area contributed by atoms with Gasteiger partial charge in [-0.2, -0.15) is 18.4 Å². The number of ether oxygens (including phenoxy) is 1. The van der Waals surface area contributed by atoms with Crippen LogP contribution in [0.3, 0.4) is 0 Å². The Hall–Kier alpha value is -2.49. The van der Waals surface area contributed by atoms with Crippen molar-refractivity contribution in [3.63, 3.8) is 0 Å². The molecule has 2 rings (SSSR count). The van der Waals surface area contributed by atoms with Crippen LogP contribution in [0.15, 0.2) is 28.7 Å². The lowest BCUT2D eigenvalue weighted by atomic mass is 10.2. The number of halogens is 3. The number of nitriles is 1. The van der Waals surface area contributed by atoms with E-state index in [1.165, 1.54) is 18.2 Å². The Morgan fingerprint density at radius 2 is 2.11 bits per heavy atom. The van der Waals surface area contributed by atoms with Crippen molar-refractivity contribution in [2.75, 3.05) is 0 Å². The maximum absolute atomic E-state index is 12.0. The Bertz CT molecular complexity index is 652. The summed E-state index contributed by atoms with van der Waals surface area (Å²) in [7, 11) is 0. The van der Waals surface area contributed by atoms with E-state index in [-0.39, 0.29) is 17.1 Å². The van der Waals surface area contributed by atoms with Crippen molar-refractivity contribution in [1.29, 1.82) is 5.26 Å². The number of nitrogens with zero attached hydrogens (tertiary/aromatic N) is 1. The summed E-state index contributed by atoms with van der Waals surface area (Å²) in [6.07, 6.45) is -5.09. The fourth-order valence-corrected chi connectivity index (χ4v) is 1.33. The number of para-hydroxylation sites is 1. The number of fused-ring (bicyclic) bond motifs is 1.